The van der Waals surface area contributed by atoms with Crippen molar-refractivity contribution in [3.63, 3.8) is 0 Å². The first-order valence-corrected chi connectivity index (χ1v) is 6.33. The zero-order chi connectivity index (χ0) is 13.1. The predicted octanol–water partition coefficient (Wildman–Crippen LogP) is 3.12. The number of hydrogen-bond acceptors (Lipinski definition) is 2. The lowest BCUT2D eigenvalue weighted by Crippen LogP contribution is -2.14. The Morgan fingerprint density at radius 2 is 2.17 bits per heavy atom. The molecule has 94 valence electrons. The minimum absolute atomic E-state index is 0.672. The molecule has 1 heterocycles. The molecule has 2 aromatic rings. The monoisotopic (exact) mass is 261 g/mol. The molecule has 0 saturated carbocycles. The molecule has 0 saturated heterocycles. The molecule has 0 radical (unpaired) electrons. The highest BCUT2D eigenvalue weighted by atomic mass is 35.5. The van der Waals surface area contributed by atoms with Gasteiger partial charge in [0.05, 0.1) is 22.2 Å². The fourth-order valence-electron chi connectivity index (χ4n) is 2.06. The number of benzene rings is 1. The Balaban J connectivity index is 2.30. The highest BCUT2D eigenvalue weighted by molar-refractivity contribution is 6.35. The summed E-state index contributed by atoms with van der Waals surface area (Å²) in [6.45, 7) is 1.95. The van der Waals surface area contributed by atoms with Crippen LogP contribution in [-0.2, 0) is 6.54 Å². The van der Waals surface area contributed by atoms with Gasteiger partial charge in [0.1, 0.15) is 0 Å². The van der Waals surface area contributed by atoms with E-state index in [1.165, 1.54) is 0 Å². The van der Waals surface area contributed by atoms with Crippen molar-refractivity contribution in [3.05, 3.63) is 35.0 Å². The standard InChI is InChI=1S/C14H16ClN3/c1-17(2)6-3-7-18-10-13(15)12-5-4-11(9-16)8-14(12)18/h4-5,8,10H,3,6-7H2,1-2H3. The maximum absolute atomic E-state index is 8.94. The van der Waals surface area contributed by atoms with Crippen LogP contribution in [0.25, 0.3) is 10.9 Å². The normalized spacial score (nSPS) is 11.1. The van der Waals surface area contributed by atoms with Gasteiger partial charge in [0.25, 0.3) is 0 Å². The molecular formula is C14H16ClN3. The van der Waals surface area contributed by atoms with E-state index in [0.29, 0.717) is 5.56 Å². The van der Waals surface area contributed by atoms with E-state index in [1.807, 2.05) is 18.3 Å². The van der Waals surface area contributed by atoms with Gasteiger partial charge in [-0.25, -0.2) is 0 Å². The van der Waals surface area contributed by atoms with Crippen molar-refractivity contribution in [1.82, 2.24) is 9.47 Å². The van der Waals surface area contributed by atoms with Crippen LogP contribution in [0.2, 0.25) is 5.02 Å². The predicted molar refractivity (Wildman–Crippen MR) is 74.8 cm³/mol. The molecule has 0 spiro atoms. The molecule has 0 fully saturated rings. The first-order chi connectivity index (χ1) is 8.61. The summed E-state index contributed by atoms with van der Waals surface area (Å²) in [6.07, 6.45) is 3.01. The van der Waals surface area contributed by atoms with E-state index in [9.17, 15) is 0 Å². The lowest BCUT2D eigenvalue weighted by molar-refractivity contribution is 0.388. The Hall–Kier alpha value is -1.50. The van der Waals surface area contributed by atoms with Crippen molar-refractivity contribution in [3.8, 4) is 6.07 Å². The van der Waals surface area contributed by atoms with Crippen molar-refractivity contribution in [1.29, 1.82) is 5.26 Å². The molecule has 3 nitrogen and oxygen atoms in total. The highest BCUT2D eigenvalue weighted by Gasteiger charge is 2.07. The molecule has 0 unspecified atom stereocenters. The molecule has 0 aliphatic rings. The zero-order valence-corrected chi connectivity index (χ0v) is 11.4. The number of fused-ring (bicyclic) bond motifs is 1. The van der Waals surface area contributed by atoms with Gasteiger partial charge in [-0.3, -0.25) is 0 Å². The van der Waals surface area contributed by atoms with Gasteiger partial charge in [0, 0.05) is 18.1 Å². The average Bonchev–Trinajstić information content (AvgIpc) is 2.65. The van der Waals surface area contributed by atoms with E-state index in [0.717, 1.165) is 35.4 Å². The minimum atomic E-state index is 0.672. The molecule has 0 N–H and O–H groups in total. The van der Waals surface area contributed by atoms with Crippen LogP contribution in [0.1, 0.15) is 12.0 Å². The van der Waals surface area contributed by atoms with Gasteiger partial charge in [0.2, 0.25) is 0 Å². The van der Waals surface area contributed by atoms with Crippen LogP contribution in [0.3, 0.4) is 0 Å². The fourth-order valence-corrected chi connectivity index (χ4v) is 2.34. The quantitative estimate of drug-likeness (QED) is 0.847. The van der Waals surface area contributed by atoms with E-state index in [2.05, 4.69) is 29.6 Å². The Kier molecular flexibility index (Phi) is 3.90. The average molecular weight is 262 g/mol. The SMILES string of the molecule is CN(C)CCCn1cc(Cl)c2ccc(C#N)cc21. The minimum Gasteiger partial charge on any atom is -0.346 e. The molecule has 1 aromatic carbocycles. The molecule has 2 rings (SSSR count). The van der Waals surface area contributed by atoms with Crippen molar-refractivity contribution < 1.29 is 0 Å². The Morgan fingerprint density at radius 1 is 1.39 bits per heavy atom. The van der Waals surface area contributed by atoms with Crippen LogP contribution in [0.15, 0.2) is 24.4 Å². The Labute approximate surface area is 112 Å². The number of aryl methyl sites for hydroxylation is 1. The summed E-state index contributed by atoms with van der Waals surface area (Å²) in [6, 6.07) is 7.78. The van der Waals surface area contributed by atoms with Crippen molar-refractivity contribution in [2.24, 2.45) is 0 Å². The van der Waals surface area contributed by atoms with Crippen LogP contribution in [0, 0.1) is 11.3 Å². The van der Waals surface area contributed by atoms with Crippen LogP contribution in [0.4, 0.5) is 0 Å². The molecule has 0 atom stereocenters. The summed E-state index contributed by atoms with van der Waals surface area (Å²) in [7, 11) is 4.13. The van der Waals surface area contributed by atoms with Gasteiger partial charge in [-0.05, 0) is 39.2 Å². The van der Waals surface area contributed by atoms with Crippen molar-refractivity contribution >= 4 is 22.5 Å². The third-order valence-electron chi connectivity index (χ3n) is 2.97. The van der Waals surface area contributed by atoms with Crippen LogP contribution in [0.5, 0.6) is 0 Å². The molecule has 0 amide bonds. The summed E-state index contributed by atoms with van der Waals surface area (Å²) >= 11 is 6.20. The summed E-state index contributed by atoms with van der Waals surface area (Å²) in [5, 5.41) is 10.7. The summed E-state index contributed by atoms with van der Waals surface area (Å²) in [4.78, 5) is 2.16. The lowest BCUT2D eigenvalue weighted by atomic mass is 10.2. The number of hydrogen-bond donors (Lipinski definition) is 0. The van der Waals surface area contributed by atoms with E-state index in [4.69, 9.17) is 16.9 Å². The smallest absolute Gasteiger partial charge is 0.0992 e. The van der Waals surface area contributed by atoms with Crippen molar-refractivity contribution in [2.75, 3.05) is 20.6 Å². The number of halogens is 1. The maximum Gasteiger partial charge on any atom is 0.0992 e. The van der Waals surface area contributed by atoms with Gasteiger partial charge >= 0.3 is 0 Å². The summed E-state index contributed by atoms with van der Waals surface area (Å²) < 4.78 is 2.13. The topological polar surface area (TPSA) is 32.0 Å². The number of aromatic nitrogens is 1. The maximum atomic E-state index is 8.94. The molecule has 0 bridgehead atoms. The second-order valence-electron chi connectivity index (χ2n) is 4.67. The second kappa shape index (κ2) is 5.43. The third-order valence-corrected chi connectivity index (χ3v) is 3.27. The first kappa shape index (κ1) is 12.9. The highest BCUT2D eigenvalue weighted by Crippen LogP contribution is 2.26. The van der Waals surface area contributed by atoms with Crippen LogP contribution < -0.4 is 0 Å². The molecule has 4 heteroatoms. The van der Waals surface area contributed by atoms with Gasteiger partial charge in [-0.1, -0.05) is 17.7 Å². The molecular weight excluding hydrogens is 246 g/mol. The number of nitrogens with zero attached hydrogens (tertiary/aromatic N) is 3. The largest absolute Gasteiger partial charge is 0.346 e. The van der Waals surface area contributed by atoms with Crippen molar-refractivity contribution in [2.45, 2.75) is 13.0 Å². The van der Waals surface area contributed by atoms with Crippen LogP contribution in [-0.4, -0.2) is 30.1 Å². The van der Waals surface area contributed by atoms with Gasteiger partial charge < -0.3 is 9.47 Å². The van der Waals surface area contributed by atoms with E-state index < -0.39 is 0 Å². The summed E-state index contributed by atoms with van der Waals surface area (Å²) in [5.41, 5.74) is 1.71. The van der Waals surface area contributed by atoms with Crippen LogP contribution >= 0.6 is 11.6 Å². The van der Waals surface area contributed by atoms with E-state index >= 15 is 0 Å². The lowest BCUT2D eigenvalue weighted by Gasteiger charge is -2.10. The van der Waals surface area contributed by atoms with E-state index in [-0.39, 0.29) is 0 Å². The molecule has 0 aliphatic heterocycles. The second-order valence-corrected chi connectivity index (χ2v) is 5.08. The zero-order valence-electron chi connectivity index (χ0n) is 10.7. The van der Waals surface area contributed by atoms with Gasteiger partial charge in [0.15, 0.2) is 0 Å². The van der Waals surface area contributed by atoms with Gasteiger partial charge in [-0.15, -0.1) is 0 Å². The fraction of sp³-hybridized carbons (Fsp3) is 0.357. The Morgan fingerprint density at radius 3 is 2.83 bits per heavy atom. The molecule has 1 aromatic heterocycles. The molecule has 0 aliphatic carbocycles. The molecule has 18 heavy (non-hydrogen) atoms. The van der Waals surface area contributed by atoms with Gasteiger partial charge in [-0.2, -0.15) is 5.26 Å². The number of rotatable bonds is 4. The number of nitriles is 1. The summed E-state index contributed by atoms with van der Waals surface area (Å²) in [5.74, 6) is 0. The Bertz CT molecular complexity index is 593. The van der Waals surface area contributed by atoms with E-state index in [1.54, 1.807) is 6.07 Å². The third kappa shape index (κ3) is 2.66. The first-order valence-electron chi connectivity index (χ1n) is 5.95.